The van der Waals surface area contributed by atoms with Crippen molar-refractivity contribution in [3.05, 3.63) is 29.3 Å². The van der Waals surface area contributed by atoms with Crippen LogP contribution in [0.3, 0.4) is 0 Å². The van der Waals surface area contributed by atoms with Crippen molar-refractivity contribution in [1.82, 2.24) is 15.8 Å². The molecule has 0 saturated heterocycles. The third kappa shape index (κ3) is 5.30. The van der Waals surface area contributed by atoms with E-state index in [0.29, 0.717) is 35.9 Å². The molecule has 0 radical (unpaired) electrons. The average Bonchev–Trinajstić information content (AvgIpc) is 2.93. The normalized spacial score (nSPS) is 16.0. The van der Waals surface area contributed by atoms with E-state index < -0.39 is 10.0 Å². The molecule has 1 aliphatic heterocycles. The van der Waals surface area contributed by atoms with Gasteiger partial charge in [-0.05, 0) is 55.7 Å². The molecule has 0 fully saturated rings. The largest absolute Gasteiger partial charge is 0.385 e. The Morgan fingerprint density at radius 3 is 2.78 bits per heavy atom. The van der Waals surface area contributed by atoms with Crippen LogP contribution in [0.5, 0.6) is 0 Å². The summed E-state index contributed by atoms with van der Waals surface area (Å²) >= 11 is 5.23. The van der Waals surface area contributed by atoms with Crippen LogP contribution in [0, 0.1) is 0 Å². The molecular weight excluding hydrogens is 388 g/mol. The predicted molar refractivity (Wildman–Crippen MR) is 109 cm³/mol. The maximum absolute atomic E-state index is 12.5. The molecule has 2 N–H and O–H groups in total. The lowest BCUT2D eigenvalue weighted by Crippen LogP contribution is -2.48. The van der Waals surface area contributed by atoms with Crippen molar-refractivity contribution in [2.45, 2.75) is 25.8 Å². The Hall–Kier alpha value is -1.91. The van der Waals surface area contributed by atoms with Crippen LogP contribution in [0.4, 0.5) is 5.69 Å². The number of hydrogen-bond donors (Lipinski definition) is 2. The number of benzene rings is 1. The summed E-state index contributed by atoms with van der Waals surface area (Å²) in [6, 6.07) is 4.86. The van der Waals surface area contributed by atoms with E-state index in [4.69, 9.17) is 17.0 Å². The molecular formula is C17H26N4O4S2. The van der Waals surface area contributed by atoms with Crippen molar-refractivity contribution in [3.63, 3.8) is 0 Å². The summed E-state index contributed by atoms with van der Waals surface area (Å²) in [4.78, 5) is 12.5. The van der Waals surface area contributed by atoms with Gasteiger partial charge in [0.1, 0.15) is 0 Å². The molecule has 0 spiro atoms. The summed E-state index contributed by atoms with van der Waals surface area (Å²) in [5.74, 6) is -0.313. The van der Waals surface area contributed by atoms with Gasteiger partial charge in [0.05, 0.1) is 11.9 Å². The molecule has 1 aromatic carbocycles. The van der Waals surface area contributed by atoms with E-state index in [0.717, 1.165) is 12.0 Å². The maximum atomic E-state index is 12.5. The number of nitrogens with one attached hydrogen (secondary N) is 2. The van der Waals surface area contributed by atoms with Gasteiger partial charge in [0.15, 0.2) is 5.11 Å². The van der Waals surface area contributed by atoms with Crippen LogP contribution in [0.2, 0.25) is 0 Å². The second-order valence-electron chi connectivity index (χ2n) is 6.53. The smallest absolute Gasteiger partial charge is 0.269 e. The van der Waals surface area contributed by atoms with E-state index in [-0.39, 0.29) is 11.9 Å². The van der Waals surface area contributed by atoms with E-state index in [9.17, 15) is 13.2 Å². The lowest BCUT2D eigenvalue weighted by Gasteiger charge is -2.23. The third-order valence-electron chi connectivity index (χ3n) is 4.23. The van der Waals surface area contributed by atoms with Gasteiger partial charge in [-0.3, -0.25) is 19.5 Å². The number of thiocarbonyl (C=S) groups is 1. The Labute approximate surface area is 165 Å². The molecule has 27 heavy (non-hydrogen) atoms. The van der Waals surface area contributed by atoms with E-state index in [2.05, 4.69) is 10.7 Å². The van der Waals surface area contributed by atoms with Crippen LogP contribution < -0.4 is 15.0 Å². The van der Waals surface area contributed by atoms with Gasteiger partial charge in [-0.2, -0.15) is 0 Å². The van der Waals surface area contributed by atoms with Gasteiger partial charge >= 0.3 is 0 Å². The van der Waals surface area contributed by atoms with Gasteiger partial charge in [0.2, 0.25) is 10.0 Å². The van der Waals surface area contributed by atoms with Crippen molar-refractivity contribution in [2.24, 2.45) is 0 Å². The Balaban J connectivity index is 2.02. The quantitative estimate of drug-likeness (QED) is 0.406. The van der Waals surface area contributed by atoms with Crippen LogP contribution in [-0.2, 0) is 21.2 Å². The monoisotopic (exact) mass is 414 g/mol. The Kier molecular flexibility index (Phi) is 7.01. The highest BCUT2D eigenvalue weighted by Gasteiger charge is 2.32. The van der Waals surface area contributed by atoms with Gasteiger partial charge in [0.25, 0.3) is 5.91 Å². The fourth-order valence-electron chi connectivity index (χ4n) is 3.05. The fourth-order valence-corrected chi connectivity index (χ4v) is 4.46. The second kappa shape index (κ2) is 8.85. The molecule has 2 rings (SSSR count). The molecule has 150 valence electrons. The Bertz CT molecular complexity index is 813. The number of nitrogens with zero attached hydrogens (tertiary/aromatic N) is 2. The first-order valence-electron chi connectivity index (χ1n) is 8.59. The number of hydrazine groups is 1. The maximum Gasteiger partial charge on any atom is 0.269 e. The van der Waals surface area contributed by atoms with Crippen molar-refractivity contribution in [3.8, 4) is 0 Å². The van der Waals surface area contributed by atoms with Crippen LogP contribution in [0.25, 0.3) is 0 Å². The fraction of sp³-hybridized carbons (Fsp3) is 0.529. The molecule has 1 atom stereocenters. The zero-order valence-electron chi connectivity index (χ0n) is 16.0. The molecule has 0 aliphatic carbocycles. The van der Waals surface area contributed by atoms with E-state index in [1.165, 1.54) is 15.6 Å². The van der Waals surface area contributed by atoms with Gasteiger partial charge < -0.3 is 10.1 Å². The Morgan fingerprint density at radius 1 is 1.44 bits per heavy atom. The van der Waals surface area contributed by atoms with E-state index >= 15 is 0 Å². The predicted octanol–water partition coefficient (Wildman–Crippen LogP) is 0.885. The third-order valence-corrected chi connectivity index (χ3v) is 5.92. The molecule has 10 heteroatoms. The van der Waals surface area contributed by atoms with E-state index in [1.54, 1.807) is 32.4 Å². The summed E-state index contributed by atoms with van der Waals surface area (Å²) < 4.78 is 30.3. The molecule has 8 nitrogen and oxygen atoms in total. The number of sulfonamides is 1. The number of hydrogen-bond acceptors (Lipinski definition) is 5. The Morgan fingerprint density at radius 2 is 2.15 bits per heavy atom. The van der Waals surface area contributed by atoms with Crippen LogP contribution in [-0.4, -0.2) is 64.1 Å². The number of carbonyl (C=O) groups excluding carboxylic acids is 1. The molecule has 1 heterocycles. The molecule has 1 amide bonds. The van der Waals surface area contributed by atoms with Crippen molar-refractivity contribution in [2.75, 3.05) is 37.9 Å². The number of carbonyl (C=O) groups is 1. The summed E-state index contributed by atoms with van der Waals surface area (Å²) in [5, 5.41) is 4.88. The van der Waals surface area contributed by atoms with Crippen LogP contribution in [0.1, 0.15) is 29.3 Å². The summed E-state index contributed by atoms with van der Waals surface area (Å²) in [5.41, 5.74) is 4.62. The molecule has 0 saturated carbocycles. The number of ether oxygens (including phenoxy) is 1. The van der Waals surface area contributed by atoms with Gasteiger partial charge in [-0.1, -0.05) is 0 Å². The minimum absolute atomic E-state index is 0.167. The highest BCUT2D eigenvalue weighted by molar-refractivity contribution is 7.92. The summed E-state index contributed by atoms with van der Waals surface area (Å²) in [6.45, 7) is 3.12. The first-order chi connectivity index (χ1) is 12.6. The molecule has 1 aromatic rings. The lowest BCUT2D eigenvalue weighted by atomic mass is 10.1. The number of methoxy groups -OCH3 is 1. The van der Waals surface area contributed by atoms with E-state index in [1.807, 2.05) is 6.92 Å². The number of fused-ring (bicyclic) bond motifs is 1. The van der Waals surface area contributed by atoms with Crippen LogP contribution in [0.15, 0.2) is 18.2 Å². The topological polar surface area (TPSA) is 91.0 Å². The molecule has 0 unspecified atom stereocenters. The molecule has 1 aliphatic rings. The summed E-state index contributed by atoms with van der Waals surface area (Å²) in [6.07, 6.45) is 2.56. The lowest BCUT2D eigenvalue weighted by molar-refractivity contribution is 0.0886. The average molecular weight is 415 g/mol. The first kappa shape index (κ1) is 21.4. The zero-order chi connectivity index (χ0) is 20.2. The highest BCUT2D eigenvalue weighted by atomic mass is 32.2. The van der Waals surface area contributed by atoms with Crippen molar-refractivity contribution < 1.29 is 17.9 Å². The van der Waals surface area contributed by atoms with Crippen molar-refractivity contribution >= 4 is 38.9 Å². The minimum Gasteiger partial charge on any atom is -0.385 e. The summed E-state index contributed by atoms with van der Waals surface area (Å²) in [7, 11) is -0.0581. The molecule has 0 bridgehead atoms. The molecule has 0 aromatic heterocycles. The number of rotatable bonds is 6. The SMILES string of the molecule is COCCCNC(=S)N(C)NC(=O)c1ccc2c(c1)C[C@H](C)N2S(C)(=O)=O. The second-order valence-corrected chi connectivity index (χ2v) is 8.78. The standard InChI is InChI=1S/C17H26N4O4S2/c1-12-10-14-11-13(6-7-15(14)21(12)27(4,23)24)16(22)19-20(2)17(26)18-8-5-9-25-3/h6-7,11-12H,5,8-10H2,1-4H3,(H,18,26)(H,19,22)/t12-/m0/s1. The first-order valence-corrected chi connectivity index (χ1v) is 10.8. The van der Waals surface area contributed by atoms with Gasteiger partial charge in [-0.15, -0.1) is 0 Å². The number of anilines is 1. The van der Waals surface area contributed by atoms with Crippen LogP contribution >= 0.6 is 12.2 Å². The number of amides is 1. The zero-order valence-corrected chi connectivity index (χ0v) is 17.6. The minimum atomic E-state index is -3.35. The highest BCUT2D eigenvalue weighted by Crippen LogP contribution is 2.34. The van der Waals surface area contributed by atoms with Gasteiger partial charge in [0, 0.05) is 38.9 Å². The van der Waals surface area contributed by atoms with Crippen molar-refractivity contribution in [1.29, 1.82) is 0 Å². The van der Waals surface area contributed by atoms with Gasteiger partial charge in [-0.25, -0.2) is 8.42 Å².